The summed E-state index contributed by atoms with van der Waals surface area (Å²) in [4.78, 5) is 8.41. The first-order valence-corrected chi connectivity index (χ1v) is 7.40. The number of hydrogen-bond donors (Lipinski definition) is 3. The van der Waals surface area contributed by atoms with Crippen LogP contribution >= 0.6 is 0 Å². The quantitative estimate of drug-likeness (QED) is 0.672. The van der Waals surface area contributed by atoms with Crippen LogP contribution < -0.4 is 5.32 Å². The zero-order valence-corrected chi connectivity index (χ0v) is 12.7. The number of aliphatic hydroxyl groups is 1. The predicted molar refractivity (Wildman–Crippen MR) is 89.0 cm³/mol. The van der Waals surface area contributed by atoms with Gasteiger partial charge in [0.05, 0.1) is 30.7 Å². The van der Waals surface area contributed by atoms with Gasteiger partial charge in [-0.1, -0.05) is 30.3 Å². The van der Waals surface area contributed by atoms with Gasteiger partial charge in [-0.15, -0.1) is 0 Å². The number of hydrogen-bond acceptors (Lipinski definition) is 5. The lowest BCUT2D eigenvalue weighted by molar-refractivity contribution is 0.276. The molecule has 0 amide bonds. The van der Waals surface area contributed by atoms with Crippen LogP contribution in [0.4, 0.5) is 10.2 Å². The van der Waals surface area contributed by atoms with E-state index in [4.69, 9.17) is 0 Å². The fourth-order valence-electron chi connectivity index (χ4n) is 2.38. The first kappa shape index (κ1) is 15.9. The lowest BCUT2D eigenvalue weighted by Crippen LogP contribution is -2.15. The number of rotatable bonds is 5. The minimum Gasteiger partial charge on any atom is -0.508 e. The van der Waals surface area contributed by atoms with Crippen molar-refractivity contribution in [2.24, 2.45) is 0 Å². The third-order valence-electron chi connectivity index (χ3n) is 3.57. The molecule has 5 nitrogen and oxygen atoms in total. The molecule has 1 heterocycles. The van der Waals surface area contributed by atoms with Gasteiger partial charge in [0.2, 0.25) is 0 Å². The first-order chi connectivity index (χ1) is 11.7. The van der Waals surface area contributed by atoms with E-state index >= 15 is 0 Å². The Morgan fingerprint density at radius 2 is 1.88 bits per heavy atom. The van der Waals surface area contributed by atoms with Crippen LogP contribution in [0.5, 0.6) is 5.75 Å². The van der Waals surface area contributed by atoms with E-state index in [0.29, 0.717) is 11.5 Å². The number of benzene rings is 2. The molecule has 0 aliphatic carbocycles. The van der Waals surface area contributed by atoms with E-state index in [-0.39, 0.29) is 24.0 Å². The van der Waals surface area contributed by atoms with Crippen molar-refractivity contribution in [2.45, 2.75) is 6.04 Å². The van der Waals surface area contributed by atoms with Crippen LogP contribution in [0.1, 0.15) is 11.6 Å². The molecule has 1 atom stereocenters. The van der Waals surface area contributed by atoms with Gasteiger partial charge in [0.25, 0.3) is 0 Å². The lowest BCUT2D eigenvalue weighted by Gasteiger charge is -2.17. The van der Waals surface area contributed by atoms with E-state index in [1.807, 2.05) is 30.3 Å². The van der Waals surface area contributed by atoms with E-state index in [2.05, 4.69) is 15.3 Å². The van der Waals surface area contributed by atoms with Gasteiger partial charge in [0.15, 0.2) is 0 Å². The highest BCUT2D eigenvalue weighted by molar-refractivity contribution is 5.61. The minimum atomic E-state index is -0.580. The van der Waals surface area contributed by atoms with Crippen molar-refractivity contribution in [2.75, 3.05) is 11.9 Å². The monoisotopic (exact) mass is 325 g/mol. The number of anilines is 1. The smallest absolute Gasteiger partial charge is 0.145 e. The van der Waals surface area contributed by atoms with Crippen molar-refractivity contribution in [1.82, 2.24) is 9.97 Å². The molecule has 0 saturated heterocycles. The van der Waals surface area contributed by atoms with Gasteiger partial charge < -0.3 is 15.5 Å². The maximum absolute atomic E-state index is 14.0. The largest absolute Gasteiger partial charge is 0.508 e. The Balaban J connectivity index is 1.87. The number of phenolic OH excluding ortho intramolecular Hbond substituents is 1. The first-order valence-electron chi connectivity index (χ1n) is 7.40. The molecule has 0 fully saturated rings. The van der Waals surface area contributed by atoms with E-state index in [9.17, 15) is 14.6 Å². The fraction of sp³-hybridized carbons (Fsp3) is 0.111. The van der Waals surface area contributed by atoms with Gasteiger partial charge in [-0.3, -0.25) is 4.98 Å². The molecule has 0 aliphatic heterocycles. The molecule has 1 aromatic heterocycles. The number of phenols is 1. The van der Waals surface area contributed by atoms with E-state index in [0.717, 1.165) is 11.6 Å². The van der Waals surface area contributed by atoms with Crippen LogP contribution in [0.15, 0.2) is 60.9 Å². The molecule has 0 spiro atoms. The average molecular weight is 325 g/mol. The van der Waals surface area contributed by atoms with Crippen molar-refractivity contribution in [1.29, 1.82) is 0 Å². The molecule has 2 aromatic carbocycles. The zero-order chi connectivity index (χ0) is 16.9. The van der Waals surface area contributed by atoms with Crippen molar-refractivity contribution in [3.8, 4) is 17.0 Å². The number of nitrogens with zero attached hydrogens (tertiary/aromatic N) is 2. The van der Waals surface area contributed by atoms with Crippen molar-refractivity contribution in [3.05, 3.63) is 72.3 Å². The predicted octanol–water partition coefficient (Wildman–Crippen LogP) is 3.13. The highest BCUT2D eigenvalue weighted by Crippen LogP contribution is 2.25. The second-order valence-corrected chi connectivity index (χ2v) is 5.24. The van der Waals surface area contributed by atoms with Crippen LogP contribution in [-0.4, -0.2) is 26.8 Å². The van der Waals surface area contributed by atoms with Crippen LogP contribution in [-0.2, 0) is 0 Å². The van der Waals surface area contributed by atoms with E-state index in [1.54, 1.807) is 0 Å². The van der Waals surface area contributed by atoms with Crippen molar-refractivity contribution >= 4 is 5.82 Å². The topological polar surface area (TPSA) is 78.3 Å². The number of halogens is 1. The van der Waals surface area contributed by atoms with Gasteiger partial charge in [-0.25, -0.2) is 9.37 Å². The molecule has 6 heteroatoms. The summed E-state index contributed by atoms with van der Waals surface area (Å²) in [6.07, 6.45) is 2.95. The van der Waals surface area contributed by atoms with E-state index in [1.165, 1.54) is 24.5 Å². The molecule has 3 aromatic rings. The zero-order valence-electron chi connectivity index (χ0n) is 12.7. The van der Waals surface area contributed by atoms with Crippen LogP contribution in [0.25, 0.3) is 11.3 Å². The Bertz CT molecular complexity index is 828. The second kappa shape index (κ2) is 7.06. The summed E-state index contributed by atoms with van der Waals surface area (Å²) in [5.74, 6) is -0.311. The number of aromatic nitrogens is 2. The Morgan fingerprint density at radius 1 is 1.08 bits per heavy atom. The molecule has 3 N–H and O–H groups in total. The summed E-state index contributed by atoms with van der Waals surface area (Å²) in [5, 5.41) is 22.0. The SMILES string of the molecule is OC[C@H](Nc1cncc(-c2ccc(O)cc2F)n1)c1ccccc1. The van der Waals surface area contributed by atoms with Crippen LogP contribution in [0.2, 0.25) is 0 Å². The Labute approximate surface area is 138 Å². The summed E-state index contributed by atoms with van der Waals surface area (Å²) in [7, 11) is 0. The molecular weight excluding hydrogens is 309 g/mol. The molecule has 0 aliphatic rings. The highest BCUT2D eigenvalue weighted by atomic mass is 19.1. The third kappa shape index (κ3) is 3.49. The molecule has 0 radical (unpaired) electrons. The fourth-order valence-corrected chi connectivity index (χ4v) is 2.38. The van der Waals surface area contributed by atoms with Crippen molar-refractivity contribution < 1.29 is 14.6 Å². The van der Waals surface area contributed by atoms with Gasteiger partial charge >= 0.3 is 0 Å². The van der Waals surface area contributed by atoms with Gasteiger partial charge in [-0.2, -0.15) is 0 Å². The van der Waals surface area contributed by atoms with E-state index < -0.39 is 5.82 Å². The lowest BCUT2D eigenvalue weighted by atomic mass is 10.1. The van der Waals surface area contributed by atoms with Gasteiger partial charge in [-0.05, 0) is 17.7 Å². The summed E-state index contributed by atoms with van der Waals surface area (Å²) in [6, 6.07) is 13.0. The molecule has 24 heavy (non-hydrogen) atoms. The summed E-state index contributed by atoms with van der Waals surface area (Å²) in [5.41, 5.74) is 1.48. The number of aromatic hydroxyl groups is 1. The Kier molecular flexibility index (Phi) is 4.67. The summed E-state index contributed by atoms with van der Waals surface area (Å²) < 4.78 is 14.0. The maximum atomic E-state index is 14.0. The average Bonchev–Trinajstić information content (AvgIpc) is 2.60. The maximum Gasteiger partial charge on any atom is 0.145 e. The number of aliphatic hydroxyl groups excluding tert-OH is 1. The highest BCUT2D eigenvalue weighted by Gasteiger charge is 2.13. The normalized spacial score (nSPS) is 11.9. The third-order valence-corrected chi connectivity index (χ3v) is 3.57. The molecule has 122 valence electrons. The standard InChI is InChI=1S/C18H16FN3O2/c19-15-8-13(24)6-7-14(15)16-9-20-10-18(21-16)22-17(11-23)12-4-2-1-3-5-12/h1-10,17,23-24H,11H2,(H,21,22)/t17-/m0/s1. The summed E-state index contributed by atoms with van der Waals surface area (Å²) in [6.45, 7) is -0.122. The van der Waals surface area contributed by atoms with Crippen molar-refractivity contribution in [3.63, 3.8) is 0 Å². The number of nitrogens with one attached hydrogen (secondary N) is 1. The van der Waals surface area contributed by atoms with Gasteiger partial charge in [0.1, 0.15) is 17.4 Å². The summed E-state index contributed by atoms with van der Waals surface area (Å²) >= 11 is 0. The Morgan fingerprint density at radius 3 is 2.58 bits per heavy atom. The van der Waals surface area contributed by atoms with Crippen LogP contribution in [0.3, 0.4) is 0 Å². The van der Waals surface area contributed by atoms with Crippen LogP contribution in [0, 0.1) is 5.82 Å². The Hall–Kier alpha value is -2.99. The molecule has 3 rings (SSSR count). The molecule has 0 saturated carbocycles. The molecule has 0 unspecified atom stereocenters. The minimum absolute atomic E-state index is 0.122. The van der Waals surface area contributed by atoms with Gasteiger partial charge in [0, 0.05) is 11.6 Å². The second-order valence-electron chi connectivity index (χ2n) is 5.24. The molecule has 0 bridgehead atoms. The molecular formula is C18H16FN3O2.